The van der Waals surface area contributed by atoms with Crippen molar-refractivity contribution in [3.05, 3.63) is 29.1 Å². The molecule has 6 heteroatoms. The summed E-state index contributed by atoms with van der Waals surface area (Å²) >= 11 is 0. The minimum Gasteiger partial charge on any atom is -0.342 e. The minimum atomic E-state index is -3.57. The lowest BCUT2D eigenvalue weighted by Gasteiger charge is -2.43. The first kappa shape index (κ1) is 17.0. The SMILES string of the molecule is Cc1cc(F)c2[nH]c(S(=O)(=O)N3CCCC3)cc2c1C1CC(C)(C)C1. The molecular formula is C19H25FN2O2S. The van der Waals surface area contributed by atoms with Crippen LogP contribution in [0.25, 0.3) is 10.9 Å². The lowest BCUT2D eigenvalue weighted by molar-refractivity contribution is 0.152. The zero-order valence-electron chi connectivity index (χ0n) is 15.0. The Morgan fingerprint density at radius 3 is 2.44 bits per heavy atom. The Morgan fingerprint density at radius 1 is 1.20 bits per heavy atom. The van der Waals surface area contributed by atoms with Crippen LogP contribution in [0.15, 0.2) is 17.2 Å². The van der Waals surface area contributed by atoms with Gasteiger partial charge in [0.15, 0.2) is 0 Å². The molecule has 1 saturated carbocycles. The number of nitrogens with one attached hydrogen (secondary N) is 1. The lowest BCUT2D eigenvalue weighted by Crippen LogP contribution is -2.30. The molecule has 25 heavy (non-hydrogen) atoms. The largest absolute Gasteiger partial charge is 0.342 e. The van der Waals surface area contributed by atoms with Gasteiger partial charge in [-0.25, -0.2) is 12.8 Å². The van der Waals surface area contributed by atoms with Crippen molar-refractivity contribution in [3.8, 4) is 0 Å². The molecule has 2 fully saturated rings. The van der Waals surface area contributed by atoms with Crippen molar-refractivity contribution in [2.24, 2.45) is 5.41 Å². The lowest BCUT2D eigenvalue weighted by atomic mass is 9.61. The van der Waals surface area contributed by atoms with Crippen LogP contribution in [0, 0.1) is 18.2 Å². The van der Waals surface area contributed by atoms with Gasteiger partial charge < -0.3 is 4.98 Å². The van der Waals surface area contributed by atoms with E-state index in [0.29, 0.717) is 29.9 Å². The summed E-state index contributed by atoms with van der Waals surface area (Å²) in [5.74, 6) is -0.00561. The first-order valence-corrected chi connectivity index (χ1v) is 10.4. The third kappa shape index (κ3) is 2.70. The number of nitrogens with zero attached hydrogens (tertiary/aromatic N) is 1. The van der Waals surface area contributed by atoms with Crippen LogP contribution in [0.4, 0.5) is 4.39 Å². The molecule has 1 aromatic carbocycles. The van der Waals surface area contributed by atoms with E-state index in [4.69, 9.17) is 0 Å². The molecule has 1 N–H and O–H groups in total. The van der Waals surface area contributed by atoms with Crippen molar-refractivity contribution in [2.45, 2.75) is 57.4 Å². The summed E-state index contributed by atoms with van der Waals surface area (Å²) in [7, 11) is -3.57. The summed E-state index contributed by atoms with van der Waals surface area (Å²) in [6.45, 7) is 7.48. The Bertz CT molecular complexity index is 932. The highest BCUT2D eigenvalue weighted by atomic mass is 32.2. The molecule has 136 valence electrons. The zero-order valence-corrected chi connectivity index (χ0v) is 15.8. The van der Waals surface area contributed by atoms with Gasteiger partial charge in [0.2, 0.25) is 0 Å². The average Bonchev–Trinajstić information content (AvgIpc) is 3.15. The second-order valence-corrected chi connectivity index (χ2v) is 10.3. The molecule has 2 aromatic rings. The summed E-state index contributed by atoms with van der Waals surface area (Å²) in [6.07, 6.45) is 3.87. The predicted octanol–water partition coefficient (Wildman–Crippen LogP) is 4.30. The van der Waals surface area contributed by atoms with E-state index < -0.39 is 10.0 Å². The number of halogens is 1. The predicted molar refractivity (Wildman–Crippen MR) is 96.7 cm³/mol. The first-order valence-electron chi connectivity index (χ1n) is 9.01. The molecule has 1 saturated heterocycles. The van der Waals surface area contributed by atoms with Gasteiger partial charge in [0.1, 0.15) is 10.8 Å². The van der Waals surface area contributed by atoms with Crippen LogP contribution in [0.5, 0.6) is 0 Å². The molecule has 0 atom stereocenters. The van der Waals surface area contributed by atoms with Crippen LogP contribution in [0.1, 0.15) is 56.6 Å². The number of H-pyrrole nitrogens is 1. The van der Waals surface area contributed by atoms with Crippen molar-refractivity contribution in [1.82, 2.24) is 9.29 Å². The standard InChI is InChI=1S/C19H25FN2O2S/c1-12-8-15(20)18-14(17(12)13-10-19(2,3)11-13)9-16(21-18)25(23,24)22-6-4-5-7-22/h8-9,13,21H,4-7,10-11H2,1-3H3. The number of aromatic nitrogens is 1. The molecular weight excluding hydrogens is 339 g/mol. The number of hydrogen-bond donors (Lipinski definition) is 1. The molecule has 1 aromatic heterocycles. The molecule has 0 bridgehead atoms. The van der Waals surface area contributed by atoms with Crippen LogP contribution >= 0.6 is 0 Å². The fraction of sp³-hybridized carbons (Fsp3) is 0.579. The normalized spacial score (nSPS) is 21.8. The second kappa shape index (κ2) is 5.55. The van der Waals surface area contributed by atoms with E-state index in [0.717, 1.165) is 42.2 Å². The van der Waals surface area contributed by atoms with Gasteiger partial charge in [-0.05, 0) is 67.2 Å². The molecule has 4 nitrogen and oxygen atoms in total. The topological polar surface area (TPSA) is 53.2 Å². The van der Waals surface area contributed by atoms with E-state index in [1.54, 1.807) is 6.07 Å². The Balaban J connectivity index is 1.84. The molecule has 0 spiro atoms. The van der Waals surface area contributed by atoms with Crippen molar-refractivity contribution in [2.75, 3.05) is 13.1 Å². The van der Waals surface area contributed by atoms with E-state index in [1.807, 2.05) is 6.92 Å². The fourth-order valence-corrected chi connectivity index (χ4v) is 6.12. The third-order valence-corrected chi connectivity index (χ3v) is 7.60. The van der Waals surface area contributed by atoms with Crippen LogP contribution in [0.2, 0.25) is 0 Å². The quantitative estimate of drug-likeness (QED) is 0.883. The maximum Gasteiger partial charge on any atom is 0.258 e. The fourth-order valence-electron chi connectivity index (χ4n) is 4.61. The second-order valence-electron chi connectivity index (χ2n) is 8.39. The van der Waals surface area contributed by atoms with Gasteiger partial charge in [0.25, 0.3) is 10.0 Å². The Hall–Kier alpha value is -1.40. The number of fused-ring (bicyclic) bond motifs is 1. The van der Waals surface area contributed by atoms with Crippen LogP contribution in [-0.4, -0.2) is 30.8 Å². The van der Waals surface area contributed by atoms with Crippen molar-refractivity contribution in [3.63, 3.8) is 0 Å². The summed E-state index contributed by atoms with van der Waals surface area (Å²) < 4.78 is 41.7. The molecule has 1 aliphatic carbocycles. The number of rotatable bonds is 3. The van der Waals surface area contributed by atoms with Gasteiger partial charge in [-0.1, -0.05) is 13.8 Å². The van der Waals surface area contributed by atoms with Crippen LogP contribution in [-0.2, 0) is 10.0 Å². The maximum atomic E-state index is 14.5. The minimum absolute atomic E-state index is 0.119. The first-order chi connectivity index (χ1) is 11.7. The number of hydrogen-bond acceptors (Lipinski definition) is 2. The van der Waals surface area contributed by atoms with Gasteiger partial charge in [0.05, 0.1) is 5.52 Å². The van der Waals surface area contributed by atoms with Gasteiger partial charge in [0, 0.05) is 18.5 Å². The van der Waals surface area contributed by atoms with Crippen molar-refractivity contribution in [1.29, 1.82) is 0 Å². The van der Waals surface area contributed by atoms with Gasteiger partial charge >= 0.3 is 0 Å². The van der Waals surface area contributed by atoms with Crippen LogP contribution in [0.3, 0.4) is 0 Å². The van der Waals surface area contributed by atoms with E-state index >= 15 is 0 Å². The van der Waals surface area contributed by atoms with E-state index in [9.17, 15) is 12.8 Å². The molecule has 2 aliphatic rings. The Kier molecular flexibility index (Phi) is 3.78. The highest BCUT2D eigenvalue weighted by Crippen LogP contribution is 2.52. The number of benzene rings is 1. The maximum absolute atomic E-state index is 14.5. The Labute approximate surface area is 148 Å². The highest BCUT2D eigenvalue weighted by Gasteiger charge is 2.39. The molecule has 0 amide bonds. The average molecular weight is 364 g/mol. The monoisotopic (exact) mass is 364 g/mol. The summed E-state index contributed by atoms with van der Waals surface area (Å²) in [4.78, 5) is 2.87. The van der Waals surface area contributed by atoms with Crippen molar-refractivity contribution >= 4 is 20.9 Å². The molecule has 4 rings (SSSR count). The Morgan fingerprint density at radius 2 is 1.84 bits per heavy atom. The number of aryl methyl sites for hydroxylation is 1. The molecule has 0 unspecified atom stereocenters. The molecule has 1 aliphatic heterocycles. The van der Waals surface area contributed by atoms with Gasteiger partial charge in [-0.3, -0.25) is 0 Å². The highest BCUT2D eigenvalue weighted by molar-refractivity contribution is 7.89. The molecule has 2 heterocycles. The summed E-state index contributed by atoms with van der Waals surface area (Å²) in [5, 5.41) is 0.851. The zero-order chi connectivity index (χ0) is 18.0. The van der Waals surface area contributed by atoms with Gasteiger partial charge in [-0.15, -0.1) is 0 Å². The van der Waals surface area contributed by atoms with Crippen molar-refractivity contribution < 1.29 is 12.8 Å². The van der Waals surface area contributed by atoms with Gasteiger partial charge in [-0.2, -0.15) is 4.31 Å². The summed E-state index contributed by atoms with van der Waals surface area (Å²) in [6, 6.07) is 3.19. The summed E-state index contributed by atoms with van der Waals surface area (Å²) in [5.41, 5.74) is 2.64. The third-order valence-electron chi connectivity index (χ3n) is 5.78. The van der Waals surface area contributed by atoms with E-state index in [-0.39, 0.29) is 10.8 Å². The smallest absolute Gasteiger partial charge is 0.258 e. The van der Waals surface area contributed by atoms with E-state index in [2.05, 4.69) is 18.8 Å². The van der Waals surface area contributed by atoms with Crippen LogP contribution < -0.4 is 0 Å². The number of aromatic amines is 1. The number of sulfonamides is 1. The van der Waals surface area contributed by atoms with E-state index in [1.165, 1.54) is 10.4 Å². The molecule has 0 radical (unpaired) electrons.